The number of rotatable bonds is 4. The fourth-order valence-electron chi connectivity index (χ4n) is 6.49. The van der Waals surface area contributed by atoms with Crippen LogP contribution in [0.25, 0.3) is 11.1 Å². The summed E-state index contributed by atoms with van der Waals surface area (Å²) in [5.41, 5.74) is 13.0. The Morgan fingerprint density at radius 1 is 0.788 bits per heavy atom. The minimum Gasteiger partial charge on any atom is -0.338 e. The average Bonchev–Trinajstić information content (AvgIpc) is 3.02. The molecule has 0 unspecified atom stereocenters. The van der Waals surface area contributed by atoms with Gasteiger partial charge in [0.05, 0.1) is 0 Å². The maximum Gasteiger partial charge on any atom is 0.0446 e. The van der Waals surface area contributed by atoms with E-state index in [-0.39, 0.29) is 5.41 Å². The Morgan fingerprint density at radius 3 is 2.21 bits per heavy atom. The highest BCUT2D eigenvalue weighted by Crippen LogP contribution is 2.54. The molecule has 5 rings (SSSR count). The third-order valence-corrected chi connectivity index (χ3v) is 8.24. The first kappa shape index (κ1) is 22.3. The van der Waals surface area contributed by atoms with Gasteiger partial charge in [0.1, 0.15) is 0 Å². The van der Waals surface area contributed by atoms with Gasteiger partial charge in [-0.15, -0.1) is 0 Å². The van der Waals surface area contributed by atoms with Gasteiger partial charge in [0, 0.05) is 22.8 Å². The zero-order chi connectivity index (χ0) is 23.3. The summed E-state index contributed by atoms with van der Waals surface area (Å²) < 4.78 is 0. The maximum atomic E-state index is 2.53. The highest BCUT2D eigenvalue weighted by molar-refractivity contribution is 5.87. The van der Waals surface area contributed by atoms with Crippen molar-refractivity contribution in [2.75, 3.05) is 4.90 Å². The molecule has 172 valence electrons. The minimum absolute atomic E-state index is 0.0200. The van der Waals surface area contributed by atoms with E-state index in [4.69, 9.17) is 0 Å². The van der Waals surface area contributed by atoms with Crippen molar-refractivity contribution in [2.24, 2.45) is 0 Å². The van der Waals surface area contributed by atoms with Crippen molar-refractivity contribution >= 4 is 11.4 Å². The summed E-state index contributed by atoms with van der Waals surface area (Å²) in [5.74, 6) is 0.717. The lowest BCUT2D eigenvalue weighted by Crippen LogP contribution is -2.27. The molecule has 1 fully saturated rings. The first-order valence-electron chi connectivity index (χ1n) is 12.9. The normalized spacial score (nSPS) is 17.2. The molecule has 0 N–H and O–H groups in total. The number of para-hydroxylation sites is 1. The first-order chi connectivity index (χ1) is 15.8. The smallest absolute Gasteiger partial charge is 0.0446 e. The highest BCUT2D eigenvalue weighted by atomic mass is 15.2. The second-order valence-electron chi connectivity index (χ2n) is 11.2. The van der Waals surface area contributed by atoms with Crippen molar-refractivity contribution in [3.63, 3.8) is 0 Å². The van der Waals surface area contributed by atoms with E-state index in [0.29, 0.717) is 6.04 Å². The van der Waals surface area contributed by atoms with Gasteiger partial charge in [-0.1, -0.05) is 69.5 Å². The van der Waals surface area contributed by atoms with Crippen LogP contribution in [-0.4, -0.2) is 6.04 Å². The van der Waals surface area contributed by atoms with Crippen LogP contribution in [0.5, 0.6) is 0 Å². The summed E-state index contributed by atoms with van der Waals surface area (Å²) >= 11 is 0. The number of aryl methyl sites for hydroxylation is 2. The van der Waals surface area contributed by atoms with E-state index >= 15 is 0 Å². The van der Waals surface area contributed by atoms with Crippen LogP contribution in [0.1, 0.15) is 93.5 Å². The average molecular weight is 438 g/mol. The summed E-state index contributed by atoms with van der Waals surface area (Å²) in [6.45, 7) is 14.0. The van der Waals surface area contributed by atoms with Gasteiger partial charge >= 0.3 is 0 Å². The molecule has 1 nitrogen and oxygen atoms in total. The first-order valence-corrected chi connectivity index (χ1v) is 12.9. The van der Waals surface area contributed by atoms with Crippen molar-refractivity contribution in [1.82, 2.24) is 0 Å². The minimum atomic E-state index is 0.0200. The second kappa shape index (κ2) is 8.35. The van der Waals surface area contributed by atoms with Gasteiger partial charge in [0.2, 0.25) is 0 Å². The quantitative estimate of drug-likeness (QED) is 0.393. The van der Waals surface area contributed by atoms with Crippen molar-refractivity contribution in [2.45, 2.75) is 91.0 Å². The second-order valence-corrected chi connectivity index (χ2v) is 11.2. The summed E-state index contributed by atoms with van der Waals surface area (Å²) in [4.78, 5) is 2.53. The summed E-state index contributed by atoms with van der Waals surface area (Å²) in [5, 5.41) is 0. The lowest BCUT2D eigenvalue weighted by molar-refractivity contribution is 0.444. The maximum absolute atomic E-state index is 2.53. The molecule has 1 heteroatoms. The third-order valence-electron chi connectivity index (χ3n) is 8.24. The van der Waals surface area contributed by atoms with Gasteiger partial charge in [-0.25, -0.2) is 0 Å². The molecular weight excluding hydrogens is 398 g/mol. The predicted molar refractivity (Wildman–Crippen MR) is 143 cm³/mol. The van der Waals surface area contributed by atoms with Crippen LogP contribution >= 0.6 is 0 Å². The molecule has 0 aliphatic heterocycles. The van der Waals surface area contributed by atoms with E-state index in [2.05, 4.69) is 101 Å². The lowest BCUT2D eigenvalue weighted by atomic mass is 9.78. The van der Waals surface area contributed by atoms with Crippen LogP contribution in [0, 0.1) is 13.8 Å². The van der Waals surface area contributed by atoms with Gasteiger partial charge in [0.25, 0.3) is 0 Å². The molecule has 0 saturated heterocycles. The molecule has 0 aromatic heterocycles. The fraction of sp³-hybridized carbons (Fsp3) is 0.438. The summed E-state index contributed by atoms with van der Waals surface area (Å²) in [7, 11) is 0. The van der Waals surface area contributed by atoms with E-state index in [9.17, 15) is 0 Å². The Hall–Kier alpha value is -2.54. The van der Waals surface area contributed by atoms with Gasteiger partial charge in [-0.2, -0.15) is 0 Å². The number of benzene rings is 3. The van der Waals surface area contributed by atoms with Crippen molar-refractivity contribution < 1.29 is 0 Å². The van der Waals surface area contributed by atoms with Crippen LogP contribution in [0.3, 0.4) is 0 Å². The largest absolute Gasteiger partial charge is 0.338 e. The molecule has 1 saturated carbocycles. The molecule has 3 aromatic rings. The highest BCUT2D eigenvalue weighted by Gasteiger charge is 2.39. The van der Waals surface area contributed by atoms with Crippen molar-refractivity contribution in [1.29, 1.82) is 0 Å². The molecule has 2 aliphatic rings. The Bertz CT molecular complexity index is 1180. The molecule has 2 aliphatic carbocycles. The van der Waals surface area contributed by atoms with E-state index in [1.54, 1.807) is 11.1 Å². The molecule has 3 aromatic carbocycles. The lowest BCUT2D eigenvalue weighted by Gasteiger charge is -2.33. The van der Waals surface area contributed by atoms with Crippen LogP contribution in [-0.2, 0) is 5.41 Å². The molecular formula is C32H39N. The van der Waals surface area contributed by atoms with Gasteiger partial charge in [0.15, 0.2) is 0 Å². The zero-order valence-electron chi connectivity index (χ0n) is 21.3. The van der Waals surface area contributed by atoms with E-state index in [0.717, 1.165) is 5.92 Å². The number of hydrogen-bond acceptors (Lipinski definition) is 1. The van der Waals surface area contributed by atoms with Crippen molar-refractivity contribution in [3.05, 3.63) is 82.4 Å². The van der Waals surface area contributed by atoms with Crippen LogP contribution < -0.4 is 4.90 Å². The van der Waals surface area contributed by atoms with Crippen LogP contribution in [0.15, 0.2) is 54.6 Å². The summed E-state index contributed by atoms with van der Waals surface area (Å²) in [6.07, 6.45) is 6.85. The number of anilines is 2. The molecule has 0 spiro atoms. The number of fused-ring (bicyclic) bond motifs is 3. The molecule has 0 radical (unpaired) electrons. The van der Waals surface area contributed by atoms with E-state index in [1.807, 2.05) is 0 Å². The number of hydrogen-bond donors (Lipinski definition) is 0. The molecule has 0 heterocycles. The van der Waals surface area contributed by atoms with Gasteiger partial charge in [-0.05, 0) is 104 Å². The summed E-state index contributed by atoms with van der Waals surface area (Å²) in [6, 6.07) is 21.3. The van der Waals surface area contributed by atoms with E-state index in [1.165, 1.54) is 71.3 Å². The molecule has 0 bridgehead atoms. The Kier molecular flexibility index (Phi) is 5.63. The zero-order valence-corrected chi connectivity index (χ0v) is 21.3. The Morgan fingerprint density at radius 2 is 1.52 bits per heavy atom. The van der Waals surface area contributed by atoms with Crippen molar-refractivity contribution in [3.8, 4) is 11.1 Å². The predicted octanol–water partition coefficient (Wildman–Crippen LogP) is 9.20. The monoisotopic (exact) mass is 437 g/mol. The van der Waals surface area contributed by atoms with Gasteiger partial charge < -0.3 is 4.90 Å². The SMILES string of the molecule is Cc1ccccc1N(c1cc2c(cc1C)-c1c(C3CCCCC3)cccc1C2(C)C)C(C)C. The van der Waals surface area contributed by atoms with Gasteiger partial charge in [-0.3, -0.25) is 0 Å². The fourth-order valence-corrected chi connectivity index (χ4v) is 6.49. The molecule has 33 heavy (non-hydrogen) atoms. The Balaban J connectivity index is 1.69. The standard InChI is InChI=1S/C32H39N/c1-21(2)33(29-18-11-10-13-22(29)3)30-20-28-26(19-23(30)4)31-25(24-14-8-7-9-15-24)16-12-17-27(31)32(28,5)6/h10-13,16-21,24H,7-9,14-15H2,1-6H3. The number of nitrogens with zero attached hydrogens (tertiary/aromatic N) is 1. The van der Waals surface area contributed by atoms with Crippen LogP contribution in [0.2, 0.25) is 0 Å². The Labute approximate surface area is 200 Å². The molecule has 0 amide bonds. The molecule has 0 atom stereocenters. The van der Waals surface area contributed by atoms with Crippen LogP contribution in [0.4, 0.5) is 11.4 Å². The van der Waals surface area contributed by atoms with E-state index < -0.39 is 0 Å². The third kappa shape index (κ3) is 3.61. The topological polar surface area (TPSA) is 3.24 Å².